The summed E-state index contributed by atoms with van der Waals surface area (Å²) in [4.78, 5) is 0. The Kier molecular flexibility index (Phi) is 7.92. The van der Waals surface area contributed by atoms with Gasteiger partial charge in [0.25, 0.3) is 0 Å². The van der Waals surface area contributed by atoms with Crippen LogP contribution in [0.2, 0.25) is 0 Å². The van der Waals surface area contributed by atoms with Gasteiger partial charge in [-0.15, -0.1) is 0 Å². The minimum atomic E-state index is 0.966. The van der Waals surface area contributed by atoms with Crippen molar-refractivity contribution in [2.45, 2.75) is 71.6 Å². The van der Waals surface area contributed by atoms with Gasteiger partial charge in [-0.05, 0) is 37.8 Å². The van der Waals surface area contributed by atoms with E-state index in [1.54, 1.807) is 0 Å². The smallest absolute Gasteiger partial charge is 0.00463 e. The summed E-state index contributed by atoms with van der Waals surface area (Å²) in [5.74, 6) is 2.00. The second-order valence-corrected chi connectivity index (χ2v) is 5.73. The molecule has 0 aromatic heterocycles. The first-order valence-electron chi connectivity index (χ1n) is 7.53. The molecule has 1 aliphatic rings. The molecular weight excluding hydrogens is 194 g/mol. The van der Waals surface area contributed by atoms with E-state index in [9.17, 15) is 0 Å². The number of unbranched alkanes of at least 4 members (excludes halogenated alkanes) is 2. The second-order valence-electron chi connectivity index (χ2n) is 5.73. The Bertz CT molecular complexity index is 150. The van der Waals surface area contributed by atoms with Gasteiger partial charge < -0.3 is 5.32 Å². The third kappa shape index (κ3) is 6.52. The zero-order chi connectivity index (χ0) is 11.6. The molecule has 0 amide bonds. The standard InChI is InChI=1S/C15H31N/c1-3-4-5-7-14(2)8-6-9-15-10-12-16-13-11-15/h14-16H,3-13H2,1-2H3. The van der Waals surface area contributed by atoms with E-state index in [2.05, 4.69) is 19.2 Å². The molecule has 0 aromatic rings. The minimum absolute atomic E-state index is 0.966. The van der Waals surface area contributed by atoms with Crippen LogP contribution in [0, 0.1) is 11.8 Å². The predicted octanol–water partition coefficient (Wildman–Crippen LogP) is 4.37. The van der Waals surface area contributed by atoms with E-state index in [4.69, 9.17) is 0 Å². The van der Waals surface area contributed by atoms with Gasteiger partial charge in [-0.3, -0.25) is 0 Å². The van der Waals surface area contributed by atoms with Crippen molar-refractivity contribution in [1.82, 2.24) is 5.32 Å². The van der Waals surface area contributed by atoms with E-state index in [0.29, 0.717) is 0 Å². The highest BCUT2D eigenvalue weighted by atomic mass is 14.9. The Morgan fingerprint density at radius 1 is 1.06 bits per heavy atom. The van der Waals surface area contributed by atoms with Crippen LogP contribution in [0.25, 0.3) is 0 Å². The molecule has 0 spiro atoms. The summed E-state index contributed by atoms with van der Waals surface area (Å²) in [6, 6.07) is 0. The van der Waals surface area contributed by atoms with E-state index < -0.39 is 0 Å². The van der Waals surface area contributed by atoms with Gasteiger partial charge >= 0.3 is 0 Å². The van der Waals surface area contributed by atoms with Gasteiger partial charge in [0, 0.05) is 0 Å². The number of rotatable bonds is 8. The largest absolute Gasteiger partial charge is 0.317 e. The van der Waals surface area contributed by atoms with Crippen LogP contribution in [0.15, 0.2) is 0 Å². The molecule has 16 heavy (non-hydrogen) atoms. The van der Waals surface area contributed by atoms with Crippen molar-refractivity contribution in [1.29, 1.82) is 0 Å². The van der Waals surface area contributed by atoms with E-state index in [1.165, 1.54) is 70.9 Å². The van der Waals surface area contributed by atoms with Crippen molar-refractivity contribution in [2.75, 3.05) is 13.1 Å². The Morgan fingerprint density at radius 3 is 2.44 bits per heavy atom. The monoisotopic (exact) mass is 225 g/mol. The van der Waals surface area contributed by atoms with Crippen molar-refractivity contribution in [3.8, 4) is 0 Å². The van der Waals surface area contributed by atoms with Gasteiger partial charge in [-0.1, -0.05) is 58.8 Å². The summed E-state index contributed by atoms with van der Waals surface area (Å²) in [7, 11) is 0. The maximum atomic E-state index is 3.45. The number of hydrogen-bond donors (Lipinski definition) is 1. The first-order chi connectivity index (χ1) is 7.83. The van der Waals surface area contributed by atoms with Crippen LogP contribution in [0.1, 0.15) is 71.6 Å². The lowest BCUT2D eigenvalue weighted by molar-refractivity contribution is 0.329. The van der Waals surface area contributed by atoms with Crippen LogP contribution in [0.5, 0.6) is 0 Å². The van der Waals surface area contributed by atoms with Gasteiger partial charge in [0.05, 0.1) is 0 Å². The van der Waals surface area contributed by atoms with Crippen LogP contribution in [-0.4, -0.2) is 13.1 Å². The molecule has 1 aliphatic heterocycles. The molecule has 0 saturated carbocycles. The zero-order valence-corrected chi connectivity index (χ0v) is 11.4. The van der Waals surface area contributed by atoms with Crippen molar-refractivity contribution in [3.05, 3.63) is 0 Å². The number of hydrogen-bond acceptors (Lipinski definition) is 1. The highest BCUT2D eigenvalue weighted by Gasteiger charge is 2.12. The second kappa shape index (κ2) is 9.04. The predicted molar refractivity (Wildman–Crippen MR) is 72.8 cm³/mol. The topological polar surface area (TPSA) is 12.0 Å². The van der Waals surface area contributed by atoms with Gasteiger partial charge in [0.1, 0.15) is 0 Å². The van der Waals surface area contributed by atoms with Crippen LogP contribution in [0.4, 0.5) is 0 Å². The van der Waals surface area contributed by atoms with E-state index >= 15 is 0 Å². The van der Waals surface area contributed by atoms with Gasteiger partial charge in [-0.2, -0.15) is 0 Å². The molecule has 1 rings (SSSR count). The van der Waals surface area contributed by atoms with Crippen LogP contribution in [0.3, 0.4) is 0 Å². The Hall–Kier alpha value is -0.0400. The number of piperidine rings is 1. The summed E-state index contributed by atoms with van der Waals surface area (Å²) >= 11 is 0. The quantitative estimate of drug-likeness (QED) is 0.605. The normalized spacial score (nSPS) is 19.9. The first kappa shape index (κ1) is 14.0. The third-order valence-electron chi connectivity index (χ3n) is 4.07. The molecule has 1 unspecified atom stereocenters. The van der Waals surface area contributed by atoms with Crippen LogP contribution in [-0.2, 0) is 0 Å². The van der Waals surface area contributed by atoms with Crippen LogP contribution < -0.4 is 5.32 Å². The lowest BCUT2D eigenvalue weighted by atomic mass is 9.89. The van der Waals surface area contributed by atoms with Gasteiger partial charge in [-0.25, -0.2) is 0 Å². The molecule has 0 aromatic carbocycles. The zero-order valence-electron chi connectivity index (χ0n) is 11.4. The Morgan fingerprint density at radius 2 is 1.75 bits per heavy atom. The fraction of sp³-hybridized carbons (Fsp3) is 1.00. The maximum absolute atomic E-state index is 3.45. The minimum Gasteiger partial charge on any atom is -0.317 e. The summed E-state index contributed by atoms with van der Waals surface area (Å²) in [5.41, 5.74) is 0. The Labute approximate surface area is 102 Å². The van der Waals surface area contributed by atoms with E-state index in [-0.39, 0.29) is 0 Å². The summed E-state index contributed by atoms with van der Waals surface area (Å²) in [5, 5.41) is 3.45. The molecule has 96 valence electrons. The summed E-state index contributed by atoms with van der Waals surface area (Å²) in [6.07, 6.45) is 13.0. The van der Waals surface area contributed by atoms with Crippen molar-refractivity contribution in [3.63, 3.8) is 0 Å². The fourth-order valence-corrected chi connectivity index (χ4v) is 2.81. The van der Waals surface area contributed by atoms with Crippen molar-refractivity contribution in [2.24, 2.45) is 11.8 Å². The molecule has 1 heteroatoms. The molecular formula is C15H31N. The summed E-state index contributed by atoms with van der Waals surface area (Å²) < 4.78 is 0. The lowest BCUT2D eigenvalue weighted by Crippen LogP contribution is -2.27. The molecule has 0 radical (unpaired) electrons. The SMILES string of the molecule is CCCCCC(C)CCCC1CCNCC1. The third-order valence-corrected chi connectivity index (χ3v) is 4.07. The average Bonchev–Trinajstić information content (AvgIpc) is 2.31. The fourth-order valence-electron chi connectivity index (χ4n) is 2.81. The molecule has 1 N–H and O–H groups in total. The van der Waals surface area contributed by atoms with Crippen molar-refractivity contribution < 1.29 is 0 Å². The molecule has 1 nitrogen and oxygen atoms in total. The number of nitrogens with one attached hydrogen (secondary N) is 1. The first-order valence-corrected chi connectivity index (χ1v) is 7.53. The maximum Gasteiger partial charge on any atom is -0.00463 e. The van der Waals surface area contributed by atoms with Gasteiger partial charge in [0.15, 0.2) is 0 Å². The summed E-state index contributed by atoms with van der Waals surface area (Å²) in [6.45, 7) is 7.26. The van der Waals surface area contributed by atoms with Crippen LogP contribution >= 0.6 is 0 Å². The van der Waals surface area contributed by atoms with Gasteiger partial charge in [0.2, 0.25) is 0 Å². The van der Waals surface area contributed by atoms with Crippen molar-refractivity contribution >= 4 is 0 Å². The van der Waals surface area contributed by atoms with E-state index in [0.717, 1.165) is 11.8 Å². The highest BCUT2D eigenvalue weighted by molar-refractivity contribution is 4.68. The average molecular weight is 225 g/mol. The lowest BCUT2D eigenvalue weighted by Gasteiger charge is -2.23. The van der Waals surface area contributed by atoms with E-state index in [1.807, 2.05) is 0 Å². The molecule has 0 bridgehead atoms. The molecule has 1 atom stereocenters. The molecule has 1 heterocycles. The Balaban J connectivity index is 1.92. The molecule has 1 saturated heterocycles. The molecule has 1 fully saturated rings. The molecule has 0 aliphatic carbocycles. The highest BCUT2D eigenvalue weighted by Crippen LogP contribution is 2.22.